The Hall–Kier alpha value is -4.15. The summed E-state index contributed by atoms with van der Waals surface area (Å²) in [6.45, 7) is 0.226. The largest absolute Gasteiger partial charge is 0.495 e. The van der Waals surface area contributed by atoms with E-state index in [0.29, 0.717) is 23.4 Å². The minimum absolute atomic E-state index is 0.226. The highest BCUT2D eigenvalue weighted by Crippen LogP contribution is 2.42. The van der Waals surface area contributed by atoms with Gasteiger partial charge in [-0.15, -0.1) is 0 Å². The molecular weight excluding hydrogens is 482 g/mol. The number of sulfonamides is 1. The zero-order valence-corrected chi connectivity index (χ0v) is 20.4. The second-order valence-electron chi connectivity index (χ2n) is 8.47. The molecule has 0 fully saturated rings. The van der Waals surface area contributed by atoms with Crippen LogP contribution in [0.4, 0.5) is 0 Å². The molecule has 2 aromatic heterocycles. The predicted octanol–water partition coefficient (Wildman–Crippen LogP) is 2.95. The summed E-state index contributed by atoms with van der Waals surface area (Å²) in [6.07, 6.45) is 8.39. The number of aromatic nitrogens is 2. The van der Waals surface area contributed by atoms with Crippen molar-refractivity contribution in [3.63, 3.8) is 0 Å². The summed E-state index contributed by atoms with van der Waals surface area (Å²) in [5.41, 5.74) is 5.55. The zero-order chi connectivity index (χ0) is 25.4. The van der Waals surface area contributed by atoms with Crippen LogP contribution in [0, 0.1) is 0 Å². The van der Waals surface area contributed by atoms with Crippen LogP contribution >= 0.6 is 0 Å². The highest BCUT2D eigenvalue weighted by atomic mass is 32.2. The van der Waals surface area contributed by atoms with E-state index in [2.05, 4.69) is 9.71 Å². The van der Waals surface area contributed by atoms with Gasteiger partial charge in [0, 0.05) is 35.5 Å². The third-order valence-corrected chi connectivity index (χ3v) is 6.74. The normalized spacial score (nSPS) is 12.9. The number of nitrogens with zero attached hydrogens (tertiary/aromatic N) is 1. The van der Waals surface area contributed by atoms with Crippen LogP contribution in [-0.4, -0.2) is 37.9 Å². The number of methoxy groups -OCH3 is 1. The van der Waals surface area contributed by atoms with E-state index in [4.69, 9.17) is 9.15 Å². The number of hydrogen-bond donors (Lipinski definition) is 2. The molecule has 0 saturated carbocycles. The molecule has 0 aliphatic heterocycles. The van der Waals surface area contributed by atoms with Crippen LogP contribution in [-0.2, 0) is 16.4 Å². The number of benzene rings is 2. The van der Waals surface area contributed by atoms with Crippen LogP contribution in [0.1, 0.15) is 11.1 Å². The number of hydrogen-bond acceptors (Lipinski definition) is 6. The first-order chi connectivity index (χ1) is 17.2. The van der Waals surface area contributed by atoms with Crippen molar-refractivity contribution in [1.29, 1.82) is 0 Å². The zero-order valence-electron chi connectivity index (χ0n) is 19.6. The third kappa shape index (κ3) is 4.56. The van der Waals surface area contributed by atoms with Gasteiger partial charge in [-0.1, -0.05) is 24.3 Å². The fourth-order valence-corrected chi connectivity index (χ4v) is 4.82. The second kappa shape index (κ2) is 9.14. The van der Waals surface area contributed by atoms with E-state index in [0.717, 1.165) is 39.6 Å². The van der Waals surface area contributed by atoms with Gasteiger partial charge in [0.25, 0.3) is 5.56 Å². The number of fused-ring (bicyclic) bond motifs is 1. The molecule has 2 N–H and O–H groups in total. The van der Waals surface area contributed by atoms with Crippen LogP contribution in [0.3, 0.4) is 0 Å². The summed E-state index contributed by atoms with van der Waals surface area (Å²) in [6, 6.07) is 12.7. The van der Waals surface area contributed by atoms with E-state index in [-0.39, 0.29) is 6.54 Å². The highest BCUT2D eigenvalue weighted by molar-refractivity contribution is 7.88. The predicted molar refractivity (Wildman–Crippen MR) is 137 cm³/mol. The molecule has 0 saturated heterocycles. The molecule has 5 rings (SSSR count). The lowest BCUT2D eigenvalue weighted by Gasteiger charge is -2.17. The van der Waals surface area contributed by atoms with Crippen molar-refractivity contribution in [2.45, 2.75) is 6.42 Å². The topological polar surface area (TPSA) is 123 Å². The van der Waals surface area contributed by atoms with Crippen molar-refractivity contribution in [3.8, 4) is 33.7 Å². The monoisotopic (exact) mass is 505 g/mol. The first-order valence-corrected chi connectivity index (χ1v) is 13.0. The molecule has 36 heavy (non-hydrogen) atoms. The van der Waals surface area contributed by atoms with Crippen molar-refractivity contribution in [2.75, 3.05) is 19.9 Å². The summed E-state index contributed by atoms with van der Waals surface area (Å²) < 4.78 is 38.1. The molecule has 0 spiro atoms. The SMILES string of the molecule is COc1c(-c2ccoc2)cc(-n2ccc(=O)[nH]c2=O)cc1-c1ccc2c(c1)CC=C2CNS(C)(=O)=O. The fourth-order valence-electron chi connectivity index (χ4n) is 4.40. The molecule has 10 heteroatoms. The van der Waals surface area contributed by atoms with Crippen LogP contribution in [0.2, 0.25) is 0 Å². The Balaban J connectivity index is 1.65. The van der Waals surface area contributed by atoms with Gasteiger partial charge in [-0.2, -0.15) is 0 Å². The standard InChI is InChI=1S/C26H23N3O6S/c1-34-25-22(17-5-6-21-16(11-17)3-4-18(21)14-27-36(2,32)33)12-20(13-23(25)19-8-10-35-15-19)29-9-7-24(30)28-26(29)31/h4-13,15,27H,3,14H2,1-2H3,(H,28,30,31). The van der Waals surface area contributed by atoms with E-state index in [9.17, 15) is 18.0 Å². The molecule has 0 unspecified atom stereocenters. The number of aromatic amines is 1. The summed E-state index contributed by atoms with van der Waals surface area (Å²) in [4.78, 5) is 26.5. The van der Waals surface area contributed by atoms with Crippen molar-refractivity contribution < 1.29 is 17.6 Å². The maximum absolute atomic E-state index is 12.6. The smallest absolute Gasteiger partial charge is 0.332 e. The lowest BCUT2D eigenvalue weighted by atomic mass is 9.94. The Morgan fingerprint density at radius 2 is 1.83 bits per heavy atom. The number of H-pyrrole nitrogens is 1. The average molecular weight is 506 g/mol. The Morgan fingerprint density at radius 1 is 1.06 bits per heavy atom. The van der Waals surface area contributed by atoms with Crippen LogP contribution < -0.4 is 20.7 Å². The van der Waals surface area contributed by atoms with Crippen molar-refractivity contribution in [3.05, 3.63) is 99.2 Å². The molecule has 0 amide bonds. The number of allylic oxidation sites excluding steroid dienone is 1. The summed E-state index contributed by atoms with van der Waals surface area (Å²) in [5.74, 6) is 0.600. The maximum atomic E-state index is 12.6. The molecule has 4 aromatic rings. The Morgan fingerprint density at radius 3 is 2.50 bits per heavy atom. The minimum Gasteiger partial charge on any atom is -0.495 e. The van der Waals surface area contributed by atoms with Crippen molar-refractivity contribution in [2.24, 2.45) is 0 Å². The van der Waals surface area contributed by atoms with Crippen molar-refractivity contribution >= 4 is 15.6 Å². The first kappa shape index (κ1) is 23.6. The summed E-state index contributed by atoms with van der Waals surface area (Å²) in [5, 5.41) is 0. The van der Waals surface area contributed by atoms with E-state index < -0.39 is 21.3 Å². The van der Waals surface area contributed by atoms with Gasteiger partial charge in [0.1, 0.15) is 5.75 Å². The maximum Gasteiger partial charge on any atom is 0.332 e. The average Bonchev–Trinajstić information content (AvgIpc) is 3.51. The summed E-state index contributed by atoms with van der Waals surface area (Å²) >= 11 is 0. The number of ether oxygens (including phenoxy) is 1. The lowest BCUT2D eigenvalue weighted by Crippen LogP contribution is -2.27. The second-order valence-corrected chi connectivity index (χ2v) is 10.3. The van der Waals surface area contributed by atoms with Crippen LogP contribution in [0.15, 0.2) is 81.3 Å². The molecule has 0 radical (unpaired) electrons. The van der Waals surface area contributed by atoms with Gasteiger partial charge < -0.3 is 9.15 Å². The fraction of sp³-hybridized carbons (Fsp3) is 0.154. The first-order valence-electron chi connectivity index (χ1n) is 11.1. The van der Waals surface area contributed by atoms with Gasteiger partial charge in [-0.05, 0) is 46.9 Å². The van der Waals surface area contributed by atoms with Crippen LogP contribution in [0.5, 0.6) is 5.75 Å². The molecule has 0 atom stereocenters. The van der Waals surface area contributed by atoms with Gasteiger partial charge in [0.15, 0.2) is 0 Å². The Bertz CT molecular complexity index is 1710. The number of rotatable bonds is 7. The third-order valence-electron chi connectivity index (χ3n) is 6.07. The molecule has 2 aromatic carbocycles. The molecule has 1 aliphatic rings. The molecule has 0 bridgehead atoms. The van der Waals surface area contributed by atoms with Gasteiger partial charge in [0.2, 0.25) is 10.0 Å². The molecular formula is C26H23N3O6S. The van der Waals surface area contributed by atoms with E-state index in [1.807, 2.05) is 30.3 Å². The van der Waals surface area contributed by atoms with E-state index in [1.165, 1.54) is 16.8 Å². The Kier molecular flexibility index (Phi) is 5.99. The summed E-state index contributed by atoms with van der Waals surface area (Å²) in [7, 11) is -1.72. The number of nitrogens with one attached hydrogen (secondary N) is 2. The van der Waals surface area contributed by atoms with E-state index >= 15 is 0 Å². The molecule has 1 aliphatic carbocycles. The lowest BCUT2D eigenvalue weighted by molar-refractivity contribution is 0.418. The molecule has 9 nitrogen and oxygen atoms in total. The van der Waals surface area contributed by atoms with Gasteiger partial charge in [-0.3, -0.25) is 14.3 Å². The van der Waals surface area contributed by atoms with Crippen molar-refractivity contribution in [1.82, 2.24) is 14.3 Å². The molecule has 2 heterocycles. The van der Waals surface area contributed by atoms with Gasteiger partial charge in [-0.25, -0.2) is 17.9 Å². The number of furan rings is 1. The van der Waals surface area contributed by atoms with E-state index in [1.54, 1.807) is 31.8 Å². The highest BCUT2D eigenvalue weighted by Gasteiger charge is 2.20. The Labute approximate surface area is 206 Å². The molecule has 184 valence electrons. The quantitative estimate of drug-likeness (QED) is 0.398. The van der Waals surface area contributed by atoms with Crippen LogP contribution in [0.25, 0.3) is 33.5 Å². The minimum atomic E-state index is -3.30. The van der Waals surface area contributed by atoms with Gasteiger partial charge in [0.05, 0.1) is 31.6 Å². The van der Waals surface area contributed by atoms with Gasteiger partial charge >= 0.3 is 5.69 Å².